The molecule has 25 heavy (non-hydrogen) atoms. The number of carbonyl (C=O) groups excluding carboxylic acids is 1. The first-order valence-electron chi connectivity index (χ1n) is 10.1. The second-order valence-electron chi connectivity index (χ2n) is 9.73. The number of fused-ring (bicyclic) bond motifs is 5. The van der Waals surface area contributed by atoms with Crippen LogP contribution >= 0.6 is 0 Å². The molecule has 0 spiro atoms. The quantitative estimate of drug-likeness (QED) is 0.772. The molecule has 4 aliphatic rings. The maximum atomic E-state index is 12.5. The number of ether oxygens (including phenoxy) is 2. The van der Waals surface area contributed by atoms with Gasteiger partial charge in [-0.1, -0.05) is 6.92 Å². The lowest BCUT2D eigenvalue weighted by Gasteiger charge is -2.63. The van der Waals surface area contributed by atoms with Crippen LogP contribution in [0.25, 0.3) is 0 Å². The number of aliphatic hydroxyl groups is 1. The summed E-state index contributed by atoms with van der Waals surface area (Å²) >= 11 is 0. The van der Waals surface area contributed by atoms with Crippen LogP contribution in [0.4, 0.5) is 0 Å². The average molecular weight is 350 g/mol. The summed E-state index contributed by atoms with van der Waals surface area (Å²) in [6, 6.07) is 0. The zero-order valence-corrected chi connectivity index (χ0v) is 16.3. The lowest BCUT2D eigenvalue weighted by atomic mass is 9.43. The fourth-order valence-electron chi connectivity index (χ4n) is 7.38. The Morgan fingerprint density at radius 1 is 0.960 bits per heavy atom. The van der Waals surface area contributed by atoms with Crippen molar-refractivity contribution in [2.75, 3.05) is 14.2 Å². The van der Waals surface area contributed by atoms with Crippen LogP contribution < -0.4 is 0 Å². The first-order chi connectivity index (χ1) is 11.7. The van der Waals surface area contributed by atoms with E-state index in [1.807, 2.05) is 6.92 Å². The third-order valence-electron chi connectivity index (χ3n) is 9.31. The van der Waals surface area contributed by atoms with E-state index < -0.39 is 16.8 Å². The molecular formula is C21H34O4. The Bertz CT molecular complexity index is 570. The molecule has 0 unspecified atom stereocenters. The number of rotatable bonds is 2. The molecule has 0 saturated heterocycles. The highest BCUT2D eigenvalue weighted by Crippen LogP contribution is 2.67. The first kappa shape index (κ1) is 17.9. The van der Waals surface area contributed by atoms with Crippen molar-refractivity contribution in [1.82, 2.24) is 0 Å². The Morgan fingerprint density at radius 2 is 1.68 bits per heavy atom. The molecule has 4 aliphatic carbocycles. The largest absolute Gasteiger partial charge is 0.389 e. The molecule has 4 fully saturated rings. The van der Waals surface area contributed by atoms with E-state index in [0.29, 0.717) is 30.5 Å². The highest BCUT2D eigenvalue weighted by atomic mass is 16.7. The molecule has 0 aromatic rings. The number of ketones is 1. The van der Waals surface area contributed by atoms with Gasteiger partial charge in [-0.25, -0.2) is 0 Å². The van der Waals surface area contributed by atoms with E-state index in [4.69, 9.17) is 9.47 Å². The van der Waals surface area contributed by atoms with Gasteiger partial charge in [0.2, 0.25) is 0 Å². The van der Waals surface area contributed by atoms with E-state index in [9.17, 15) is 9.90 Å². The second kappa shape index (κ2) is 5.53. The van der Waals surface area contributed by atoms with Crippen LogP contribution in [-0.2, 0) is 14.3 Å². The van der Waals surface area contributed by atoms with Crippen LogP contribution in [0.1, 0.15) is 71.6 Å². The summed E-state index contributed by atoms with van der Waals surface area (Å²) in [4.78, 5) is 12.5. The summed E-state index contributed by atoms with van der Waals surface area (Å²) < 4.78 is 11.5. The Kier molecular flexibility index (Phi) is 3.97. The fraction of sp³-hybridized carbons (Fsp3) is 0.952. The number of hydrogen-bond acceptors (Lipinski definition) is 4. The number of hydrogen-bond donors (Lipinski definition) is 1. The summed E-state index contributed by atoms with van der Waals surface area (Å²) in [5.41, 5.74) is -1.06. The van der Waals surface area contributed by atoms with Crippen molar-refractivity contribution in [3.8, 4) is 0 Å². The molecule has 4 nitrogen and oxygen atoms in total. The van der Waals surface area contributed by atoms with Crippen molar-refractivity contribution >= 4 is 5.78 Å². The summed E-state index contributed by atoms with van der Waals surface area (Å²) in [5.74, 6) is 1.23. The highest BCUT2D eigenvalue weighted by molar-refractivity contribution is 5.88. The molecule has 6 atom stereocenters. The van der Waals surface area contributed by atoms with Crippen LogP contribution in [-0.4, -0.2) is 36.5 Å². The van der Waals surface area contributed by atoms with E-state index in [2.05, 4.69) is 6.92 Å². The maximum Gasteiger partial charge on any atom is 0.167 e. The van der Waals surface area contributed by atoms with Crippen LogP contribution in [0.15, 0.2) is 0 Å². The van der Waals surface area contributed by atoms with Crippen molar-refractivity contribution in [3.63, 3.8) is 0 Å². The zero-order valence-electron chi connectivity index (χ0n) is 16.3. The summed E-state index contributed by atoms with van der Waals surface area (Å²) in [7, 11) is 3.52. The van der Waals surface area contributed by atoms with E-state index >= 15 is 0 Å². The SMILES string of the molecule is COC1(OC)CC[C@]2(C)[C@@H](CC[C@@H]3[C@@H]2CC[C@@]2(C)C(=O)CC[C@@]32O)C1. The van der Waals surface area contributed by atoms with Gasteiger partial charge in [-0.2, -0.15) is 0 Å². The summed E-state index contributed by atoms with van der Waals surface area (Å²) in [6.07, 6.45) is 8.27. The molecule has 0 aliphatic heterocycles. The molecule has 4 rings (SSSR count). The van der Waals surface area contributed by atoms with Gasteiger partial charge in [0.25, 0.3) is 0 Å². The van der Waals surface area contributed by atoms with Gasteiger partial charge >= 0.3 is 0 Å². The van der Waals surface area contributed by atoms with E-state index in [1.165, 1.54) is 0 Å². The van der Waals surface area contributed by atoms with Crippen LogP contribution in [0.2, 0.25) is 0 Å². The van der Waals surface area contributed by atoms with Crippen molar-refractivity contribution < 1.29 is 19.4 Å². The smallest absolute Gasteiger partial charge is 0.167 e. The third kappa shape index (κ3) is 2.14. The van der Waals surface area contributed by atoms with Gasteiger partial charge in [0.15, 0.2) is 5.79 Å². The third-order valence-corrected chi connectivity index (χ3v) is 9.31. The lowest BCUT2D eigenvalue weighted by molar-refractivity contribution is -0.269. The minimum Gasteiger partial charge on any atom is -0.389 e. The van der Waals surface area contributed by atoms with Gasteiger partial charge in [-0.05, 0) is 68.6 Å². The second-order valence-corrected chi connectivity index (χ2v) is 9.73. The molecule has 0 bridgehead atoms. The van der Waals surface area contributed by atoms with Crippen molar-refractivity contribution in [2.45, 2.75) is 83.0 Å². The predicted octanol–water partition coefficient (Wildman–Crippen LogP) is 3.70. The molecule has 0 amide bonds. The molecule has 0 heterocycles. The predicted molar refractivity (Wildman–Crippen MR) is 94.9 cm³/mol. The minimum absolute atomic E-state index is 0.228. The topological polar surface area (TPSA) is 55.8 Å². The molecule has 4 saturated carbocycles. The Hall–Kier alpha value is -0.450. The van der Waals surface area contributed by atoms with Gasteiger partial charge in [0.05, 0.1) is 11.0 Å². The maximum absolute atomic E-state index is 12.5. The minimum atomic E-state index is -0.780. The molecule has 0 aromatic carbocycles. The van der Waals surface area contributed by atoms with Gasteiger partial charge < -0.3 is 14.6 Å². The van der Waals surface area contributed by atoms with E-state index in [-0.39, 0.29) is 11.3 Å². The molecule has 0 aromatic heterocycles. The van der Waals surface area contributed by atoms with Crippen LogP contribution in [0, 0.1) is 28.6 Å². The van der Waals surface area contributed by atoms with Gasteiger partial charge in [0.1, 0.15) is 5.78 Å². The van der Waals surface area contributed by atoms with Gasteiger partial charge in [0, 0.05) is 33.5 Å². The van der Waals surface area contributed by atoms with Crippen molar-refractivity contribution in [3.05, 3.63) is 0 Å². The molecule has 142 valence electrons. The number of carbonyl (C=O) groups is 1. The normalized spacial score (nSPS) is 51.6. The van der Waals surface area contributed by atoms with E-state index in [1.54, 1.807) is 14.2 Å². The first-order valence-corrected chi connectivity index (χ1v) is 10.1. The Labute approximate surface area is 151 Å². The van der Waals surface area contributed by atoms with Gasteiger partial charge in [-0.3, -0.25) is 4.79 Å². The monoisotopic (exact) mass is 350 g/mol. The Morgan fingerprint density at radius 3 is 2.36 bits per heavy atom. The fourth-order valence-corrected chi connectivity index (χ4v) is 7.38. The van der Waals surface area contributed by atoms with Crippen molar-refractivity contribution in [1.29, 1.82) is 0 Å². The van der Waals surface area contributed by atoms with Crippen LogP contribution in [0.3, 0.4) is 0 Å². The standard InChI is InChI=1S/C21H34O4/c1-18-11-12-20(24-3,25-4)13-14(18)5-6-16-15(18)7-9-19(2)17(22)8-10-21(16,19)23/h14-16,23H,5-13H2,1-4H3/t14-,15-,16+,18+,19-,21+/m0/s1. The van der Waals surface area contributed by atoms with Crippen LogP contribution in [0.5, 0.6) is 0 Å². The van der Waals surface area contributed by atoms with Gasteiger partial charge in [-0.15, -0.1) is 0 Å². The Balaban J connectivity index is 1.65. The number of methoxy groups -OCH3 is 2. The lowest BCUT2D eigenvalue weighted by Crippen LogP contribution is -2.63. The average Bonchev–Trinajstić information content (AvgIpc) is 2.86. The molecular weight excluding hydrogens is 316 g/mol. The summed E-state index contributed by atoms with van der Waals surface area (Å²) in [6.45, 7) is 4.47. The molecule has 4 heteroatoms. The highest BCUT2D eigenvalue weighted by Gasteiger charge is 2.68. The zero-order chi connectivity index (χ0) is 18.1. The number of Topliss-reactive ketones (excluding diaryl/α,β-unsaturated/α-hetero) is 1. The van der Waals surface area contributed by atoms with E-state index in [0.717, 1.165) is 44.9 Å². The summed E-state index contributed by atoms with van der Waals surface area (Å²) in [5, 5.41) is 11.7. The van der Waals surface area contributed by atoms with Crippen molar-refractivity contribution in [2.24, 2.45) is 28.6 Å². The molecule has 0 radical (unpaired) electrons. The molecule has 1 N–H and O–H groups in total.